The Balaban J connectivity index is 0.00000220. The van der Waals surface area contributed by atoms with Crippen LogP contribution in [0.1, 0.15) is 30.4 Å². The van der Waals surface area contributed by atoms with Gasteiger partial charge in [-0.2, -0.15) is 13.2 Å². The molecule has 0 radical (unpaired) electrons. The molecule has 0 saturated carbocycles. The van der Waals surface area contributed by atoms with Gasteiger partial charge in [0, 0.05) is 6.54 Å². The van der Waals surface area contributed by atoms with Crippen LogP contribution in [0, 0.1) is 0 Å². The van der Waals surface area contributed by atoms with Crippen molar-refractivity contribution in [2.75, 3.05) is 6.54 Å². The Labute approximate surface area is 127 Å². The van der Waals surface area contributed by atoms with Crippen LogP contribution in [0.15, 0.2) is 24.3 Å². The van der Waals surface area contributed by atoms with Crippen LogP contribution < -0.4 is 10.6 Å². The molecule has 1 atom stereocenters. The molecule has 1 fully saturated rings. The molecule has 0 spiro atoms. The maximum Gasteiger partial charge on any atom is 0.416 e. The van der Waals surface area contributed by atoms with Gasteiger partial charge < -0.3 is 10.6 Å². The third-order valence-corrected chi connectivity index (χ3v) is 3.37. The SMILES string of the molecule is Cl.O=C(NCc1ccc(C(F)(F)F)cc1)[C@H]1CCCCN1. The molecule has 0 aliphatic carbocycles. The van der Waals surface area contributed by atoms with Crippen LogP contribution in [0.5, 0.6) is 0 Å². The molecule has 1 saturated heterocycles. The maximum absolute atomic E-state index is 12.4. The maximum atomic E-state index is 12.4. The molecule has 7 heteroatoms. The number of amides is 1. The second-order valence-corrected chi connectivity index (χ2v) is 4.91. The minimum atomic E-state index is -4.33. The first-order valence-electron chi connectivity index (χ1n) is 6.64. The Morgan fingerprint density at radius 1 is 1.24 bits per heavy atom. The molecular formula is C14H18ClF3N2O. The number of halogens is 4. The van der Waals surface area contributed by atoms with E-state index in [0.29, 0.717) is 5.56 Å². The van der Waals surface area contributed by atoms with Crippen molar-refractivity contribution in [3.63, 3.8) is 0 Å². The van der Waals surface area contributed by atoms with Crippen molar-refractivity contribution < 1.29 is 18.0 Å². The van der Waals surface area contributed by atoms with Gasteiger partial charge >= 0.3 is 6.18 Å². The van der Waals surface area contributed by atoms with Gasteiger partial charge in [0.15, 0.2) is 0 Å². The van der Waals surface area contributed by atoms with Crippen molar-refractivity contribution >= 4 is 18.3 Å². The van der Waals surface area contributed by atoms with Crippen molar-refractivity contribution in [1.29, 1.82) is 0 Å². The fraction of sp³-hybridized carbons (Fsp3) is 0.500. The molecule has 1 aliphatic rings. The van der Waals surface area contributed by atoms with E-state index in [1.807, 2.05) is 0 Å². The molecule has 2 rings (SSSR count). The first kappa shape index (κ1) is 17.8. The van der Waals surface area contributed by atoms with Gasteiger partial charge in [-0.05, 0) is 37.1 Å². The van der Waals surface area contributed by atoms with Crippen molar-refractivity contribution in [3.05, 3.63) is 35.4 Å². The third kappa shape index (κ3) is 5.21. The van der Waals surface area contributed by atoms with E-state index in [-0.39, 0.29) is 30.9 Å². The van der Waals surface area contributed by atoms with Crippen LogP contribution >= 0.6 is 12.4 Å². The summed E-state index contributed by atoms with van der Waals surface area (Å²) in [5, 5.41) is 5.87. The minimum Gasteiger partial charge on any atom is -0.351 e. The number of nitrogens with one attached hydrogen (secondary N) is 2. The molecule has 1 aliphatic heterocycles. The second kappa shape index (κ2) is 7.66. The van der Waals surface area contributed by atoms with Crippen molar-refractivity contribution in [2.45, 2.75) is 38.0 Å². The fourth-order valence-corrected chi connectivity index (χ4v) is 2.20. The van der Waals surface area contributed by atoms with Gasteiger partial charge in [-0.3, -0.25) is 4.79 Å². The number of benzene rings is 1. The Morgan fingerprint density at radius 2 is 1.90 bits per heavy atom. The largest absolute Gasteiger partial charge is 0.416 e. The van der Waals surface area contributed by atoms with E-state index >= 15 is 0 Å². The second-order valence-electron chi connectivity index (χ2n) is 4.91. The quantitative estimate of drug-likeness (QED) is 0.898. The van der Waals surface area contributed by atoms with Crippen molar-refractivity contribution in [1.82, 2.24) is 10.6 Å². The summed E-state index contributed by atoms with van der Waals surface area (Å²) in [4.78, 5) is 11.8. The average molecular weight is 323 g/mol. The molecule has 21 heavy (non-hydrogen) atoms. The summed E-state index contributed by atoms with van der Waals surface area (Å²) in [6, 6.07) is 4.65. The summed E-state index contributed by atoms with van der Waals surface area (Å²) in [6.45, 7) is 1.08. The molecule has 1 aromatic carbocycles. The van der Waals surface area contributed by atoms with Gasteiger partial charge in [-0.25, -0.2) is 0 Å². The summed E-state index contributed by atoms with van der Waals surface area (Å²) < 4.78 is 37.2. The van der Waals surface area contributed by atoms with E-state index in [4.69, 9.17) is 0 Å². The lowest BCUT2D eigenvalue weighted by Gasteiger charge is -2.22. The van der Waals surface area contributed by atoms with Crippen molar-refractivity contribution in [3.8, 4) is 0 Å². The lowest BCUT2D eigenvalue weighted by Crippen LogP contribution is -2.46. The minimum absolute atomic E-state index is 0. The van der Waals surface area contributed by atoms with Gasteiger partial charge in [0.2, 0.25) is 5.91 Å². The van der Waals surface area contributed by atoms with E-state index in [2.05, 4.69) is 10.6 Å². The van der Waals surface area contributed by atoms with E-state index in [0.717, 1.165) is 37.9 Å². The van der Waals surface area contributed by atoms with Gasteiger partial charge in [0.1, 0.15) is 0 Å². The fourth-order valence-electron chi connectivity index (χ4n) is 2.20. The molecule has 1 heterocycles. The normalized spacial score (nSPS) is 18.7. The topological polar surface area (TPSA) is 41.1 Å². The van der Waals surface area contributed by atoms with Crippen LogP contribution in [-0.2, 0) is 17.5 Å². The van der Waals surface area contributed by atoms with Gasteiger partial charge in [-0.1, -0.05) is 18.6 Å². The summed E-state index contributed by atoms with van der Waals surface area (Å²) in [7, 11) is 0. The smallest absolute Gasteiger partial charge is 0.351 e. The molecule has 0 bridgehead atoms. The lowest BCUT2D eigenvalue weighted by molar-refractivity contribution is -0.137. The molecule has 1 aromatic rings. The van der Waals surface area contributed by atoms with E-state index in [9.17, 15) is 18.0 Å². The monoisotopic (exact) mass is 322 g/mol. The van der Waals surface area contributed by atoms with E-state index in [1.165, 1.54) is 12.1 Å². The lowest BCUT2D eigenvalue weighted by atomic mass is 10.0. The average Bonchev–Trinajstić information content (AvgIpc) is 2.45. The first-order valence-corrected chi connectivity index (χ1v) is 6.64. The zero-order valence-corrected chi connectivity index (χ0v) is 12.2. The van der Waals surface area contributed by atoms with Crippen LogP contribution in [0.4, 0.5) is 13.2 Å². The Hall–Kier alpha value is -1.27. The number of carbonyl (C=O) groups excluding carboxylic acids is 1. The summed E-state index contributed by atoms with van der Waals surface area (Å²) >= 11 is 0. The number of rotatable bonds is 3. The number of hydrogen-bond donors (Lipinski definition) is 2. The standard InChI is InChI=1S/C14H17F3N2O.ClH/c15-14(16,17)11-6-4-10(5-7-11)9-19-13(20)12-3-1-2-8-18-12;/h4-7,12,18H,1-3,8-9H2,(H,19,20);1H/t12-;/m1./s1. The zero-order valence-electron chi connectivity index (χ0n) is 11.4. The Morgan fingerprint density at radius 3 is 2.43 bits per heavy atom. The van der Waals surface area contributed by atoms with E-state index < -0.39 is 11.7 Å². The highest BCUT2D eigenvalue weighted by molar-refractivity contribution is 5.85. The molecule has 0 aromatic heterocycles. The van der Waals surface area contributed by atoms with Crippen LogP contribution in [0.25, 0.3) is 0 Å². The molecule has 2 N–H and O–H groups in total. The van der Waals surface area contributed by atoms with Crippen LogP contribution in [0.2, 0.25) is 0 Å². The van der Waals surface area contributed by atoms with Crippen LogP contribution in [-0.4, -0.2) is 18.5 Å². The summed E-state index contributed by atoms with van der Waals surface area (Å²) in [6.07, 6.45) is -1.43. The van der Waals surface area contributed by atoms with E-state index in [1.54, 1.807) is 0 Å². The number of piperidine rings is 1. The number of carbonyl (C=O) groups is 1. The highest BCUT2D eigenvalue weighted by atomic mass is 35.5. The first-order chi connectivity index (χ1) is 9.47. The van der Waals surface area contributed by atoms with Crippen molar-refractivity contribution in [2.24, 2.45) is 0 Å². The third-order valence-electron chi connectivity index (χ3n) is 3.37. The highest BCUT2D eigenvalue weighted by Crippen LogP contribution is 2.29. The number of alkyl halides is 3. The Kier molecular flexibility index (Phi) is 6.48. The molecule has 1 amide bonds. The predicted octanol–water partition coefficient (Wildman–Crippen LogP) is 2.89. The molecule has 3 nitrogen and oxygen atoms in total. The molecular weight excluding hydrogens is 305 g/mol. The molecule has 0 unspecified atom stereocenters. The number of hydrogen-bond acceptors (Lipinski definition) is 2. The van der Waals surface area contributed by atoms with Crippen LogP contribution in [0.3, 0.4) is 0 Å². The predicted molar refractivity (Wildman–Crippen MR) is 76.2 cm³/mol. The summed E-state index contributed by atoms with van der Waals surface area (Å²) in [5.41, 5.74) is -0.0244. The Bertz CT molecular complexity index is 456. The highest BCUT2D eigenvalue weighted by Gasteiger charge is 2.29. The zero-order chi connectivity index (χ0) is 14.6. The van der Waals surface area contributed by atoms with Gasteiger partial charge in [0.05, 0.1) is 11.6 Å². The molecule has 118 valence electrons. The van der Waals surface area contributed by atoms with Gasteiger partial charge in [-0.15, -0.1) is 12.4 Å². The van der Waals surface area contributed by atoms with Gasteiger partial charge in [0.25, 0.3) is 0 Å². The summed E-state index contributed by atoms with van der Waals surface area (Å²) in [5.74, 6) is -0.0930.